The highest BCUT2D eigenvalue weighted by Crippen LogP contribution is 2.44. The topological polar surface area (TPSA) is 127 Å². The molecule has 0 spiro atoms. The Hall–Kier alpha value is -2.38. The Morgan fingerprint density at radius 2 is 1.28 bits per heavy atom. The van der Waals surface area contributed by atoms with E-state index in [9.17, 15) is 29.4 Å². The van der Waals surface area contributed by atoms with E-state index in [1.54, 1.807) is 13.8 Å². The maximum atomic E-state index is 12.2. The number of hydrogen-bond donors (Lipinski definition) is 2. The molecule has 0 aromatic rings. The molecule has 0 aromatic heterocycles. The molecule has 142 valence electrons. The van der Waals surface area contributed by atoms with Gasteiger partial charge in [0, 0.05) is 5.57 Å². The standard InChI is InChI=1S/C17H26O8/c1-6-8-24-14(20)11(4)17(16(22)23,10(3)13(18)19)12(5)15(21)25-9-7-2/h11-12H,3,6-9H2,1-2,4-5H3,(H,18,19)(H,22,23). The predicted molar refractivity (Wildman–Crippen MR) is 87.7 cm³/mol. The average molecular weight is 358 g/mol. The van der Waals surface area contributed by atoms with Crippen molar-refractivity contribution in [2.24, 2.45) is 17.3 Å². The second kappa shape index (κ2) is 9.80. The molecule has 2 unspecified atom stereocenters. The first-order valence-corrected chi connectivity index (χ1v) is 8.08. The van der Waals surface area contributed by atoms with Gasteiger partial charge in [0.05, 0.1) is 25.0 Å². The molecule has 25 heavy (non-hydrogen) atoms. The summed E-state index contributed by atoms with van der Waals surface area (Å²) < 4.78 is 9.92. The fourth-order valence-electron chi connectivity index (χ4n) is 2.60. The Labute approximate surface area is 146 Å². The Morgan fingerprint density at radius 3 is 1.52 bits per heavy atom. The highest BCUT2D eigenvalue weighted by Gasteiger charge is 2.58. The van der Waals surface area contributed by atoms with Crippen LogP contribution in [0.25, 0.3) is 0 Å². The summed E-state index contributed by atoms with van der Waals surface area (Å²) in [4.78, 5) is 48.0. The Kier molecular flexibility index (Phi) is 8.87. The maximum Gasteiger partial charge on any atom is 0.332 e. The number of hydrogen-bond acceptors (Lipinski definition) is 6. The van der Waals surface area contributed by atoms with Gasteiger partial charge in [0.15, 0.2) is 0 Å². The van der Waals surface area contributed by atoms with Gasteiger partial charge in [-0.2, -0.15) is 0 Å². The summed E-state index contributed by atoms with van der Waals surface area (Å²) in [5.41, 5.74) is -3.16. The minimum atomic E-state index is -2.39. The zero-order valence-corrected chi connectivity index (χ0v) is 15.0. The SMILES string of the molecule is C=C(C(=O)O)C(C(=O)O)(C(C)C(=O)OCCC)C(C)C(=O)OCCC. The van der Waals surface area contributed by atoms with Gasteiger partial charge in [-0.1, -0.05) is 34.3 Å². The lowest BCUT2D eigenvalue weighted by Gasteiger charge is -2.37. The number of esters is 2. The second-order valence-electron chi connectivity index (χ2n) is 5.74. The molecular formula is C17H26O8. The molecule has 0 heterocycles. The van der Waals surface area contributed by atoms with Gasteiger partial charge in [-0.25, -0.2) is 4.79 Å². The van der Waals surface area contributed by atoms with Crippen molar-refractivity contribution in [1.82, 2.24) is 0 Å². The fourth-order valence-corrected chi connectivity index (χ4v) is 2.60. The van der Waals surface area contributed by atoms with E-state index in [0.29, 0.717) is 12.8 Å². The molecule has 0 aliphatic rings. The summed E-state index contributed by atoms with van der Waals surface area (Å²) in [6, 6.07) is 0. The molecule has 2 atom stereocenters. The molecule has 0 rings (SSSR count). The third-order valence-corrected chi connectivity index (χ3v) is 4.08. The van der Waals surface area contributed by atoms with Gasteiger partial charge in [-0.05, 0) is 12.8 Å². The van der Waals surface area contributed by atoms with Gasteiger partial charge < -0.3 is 19.7 Å². The summed E-state index contributed by atoms with van der Waals surface area (Å²) in [6.07, 6.45) is 1.01. The zero-order valence-electron chi connectivity index (χ0n) is 15.0. The van der Waals surface area contributed by atoms with E-state index in [4.69, 9.17) is 9.47 Å². The molecule has 0 bridgehead atoms. The molecule has 0 saturated carbocycles. The van der Waals surface area contributed by atoms with Crippen molar-refractivity contribution in [2.45, 2.75) is 40.5 Å². The van der Waals surface area contributed by atoms with Crippen LogP contribution in [0.15, 0.2) is 12.2 Å². The first kappa shape index (κ1) is 22.6. The molecule has 8 nitrogen and oxygen atoms in total. The minimum Gasteiger partial charge on any atom is -0.481 e. The van der Waals surface area contributed by atoms with Crippen molar-refractivity contribution < 1.29 is 38.9 Å². The van der Waals surface area contributed by atoms with Crippen molar-refractivity contribution in [2.75, 3.05) is 13.2 Å². The van der Waals surface area contributed by atoms with Gasteiger partial charge in [-0.15, -0.1) is 0 Å². The predicted octanol–water partition coefficient (Wildman–Crippen LogP) is 1.88. The van der Waals surface area contributed by atoms with E-state index < -0.39 is 46.7 Å². The highest BCUT2D eigenvalue weighted by atomic mass is 16.5. The number of carboxylic acids is 2. The summed E-state index contributed by atoms with van der Waals surface area (Å²) in [5, 5.41) is 19.1. The van der Waals surface area contributed by atoms with Crippen LogP contribution < -0.4 is 0 Å². The Bertz CT molecular complexity index is 511. The number of ether oxygens (including phenoxy) is 2. The van der Waals surface area contributed by atoms with Crippen LogP contribution in [0.1, 0.15) is 40.5 Å². The zero-order chi connectivity index (χ0) is 19.8. The highest BCUT2D eigenvalue weighted by molar-refractivity contribution is 6.01. The van der Waals surface area contributed by atoms with E-state index in [0.717, 1.165) is 0 Å². The van der Waals surface area contributed by atoms with E-state index in [-0.39, 0.29) is 13.2 Å². The van der Waals surface area contributed by atoms with Crippen molar-refractivity contribution in [3.8, 4) is 0 Å². The quantitative estimate of drug-likeness (QED) is 0.423. The van der Waals surface area contributed by atoms with Crippen molar-refractivity contribution in [3.05, 3.63) is 12.2 Å². The van der Waals surface area contributed by atoms with Crippen molar-refractivity contribution >= 4 is 23.9 Å². The molecule has 2 N–H and O–H groups in total. The molecule has 0 amide bonds. The third-order valence-electron chi connectivity index (χ3n) is 4.08. The van der Waals surface area contributed by atoms with Crippen LogP contribution in [0.2, 0.25) is 0 Å². The Balaban J connectivity index is 6.12. The molecule has 0 radical (unpaired) electrons. The first-order chi connectivity index (χ1) is 11.6. The third kappa shape index (κ3) is 4.80. The van der Waals surface area contributed by atoms with Gasteiger partial charge in [0.1, 0.15) is 5.41 Å². The van der Waals surface area contributed by atoms with Gasteiger partial charge in [0.2, 0.25) is 0 Å². The molecule has 8 heteroatoms. The lowest BCUT2D eigenvalue weighted by Crippen LogP contribution is -2.52. The lowest BCUT2D eigenvalue weighted by molar-refractivity contribution is -0.174. The second-order valence-corrected chi connectivity index (χ2v) is 5.74. The summed E-state index contributed by atoms with van der Waals surface area (Å²) in [5.74, 6) is -8.01. The largest absolute Gasteiger partial charge is 0.481 e. The minimum absolute atomic E-state index is 0.0487. The maximum absolute atomic E-state index is 12.2. The molecular weight excluding hydrogens is 332 g/mol. The van der Waals surface area contributed by atoms with E-state index in [1.165, 1.54) is 13.8 Å². The molecule has 0 saturated heterocycles. The van der Waals surface area contributed by atoms with E-state index in [1.807, 2.05) is 0 Å². The smallest absolute Gasteiger partial charge is 0.332 e. The van der Waals surface area contributed by atoms with Gasteiger partial charge in [-0.3, -0.25) is 14.4 Å². The fraction of sp³-hybridized carbons (Fsp3) is 0.647. The summed E-state index contributed by atoms with van der Waals surface area (Å²) >= 11 is 0. The van der Waals surface area contributed by atoms with Crippen LogP contribution >= 0.6 is 0 Å². The Morgan fingerprint density at radius 1 is 0.920 bits per heavy atom. The van der Waals surface area contributed by atoms with Crippen LogP contribution in [0.3, 0.4) is 0 Å². The van der Waals surface area contributed by atoms with Crippen molar-refractivity contribution in [1.29, 1.82) is 0 Å². The van der Waals surface area contributed by atoms with Gasteiger partial charge in [0.25, 0.3) is 0 Å². The number of carbonyl (C=O) groups is 4. The number of carboxylic acid groups (broad SMARTS) is 2. The number of rotatable bonds is 11. The monoisotopic (exact) mass is 358 g/mol. The van der Waals surface area contributed by atoms with E-state index >= 15 is 0 Å². The molecule has 0 aliphatic carbocycles. The summed E-state index contributed by atoms with van der Waals surface area (Å²) in [6.45, 7) is 9.35. The average Bonchev–Trinajstić information content (AvgIpc) is 2.56. The molecule has 0 aromatic carbocycles. The van der Waals surface area contributed by atoms with Crippen LogP contribution in [0.4, 0.5) is 0 Å². The van der Waals surface area contributed by atoms with Crippen LogP contribution in [0.5, 0.6) is 0 Å². The lowest BCUT2D eigenvalue weighted by atomic mass is 9.63. The van der Waals surface area contributed by atoms with Crippen LogP contribution in [0, 0.1) is 17.3 Å². The molecule has 0 fully saturated rings. The van der Waals surface area contributed by atoms with Gasteiger partial charge >= 0.3 is 23.9 Å². The first-order valence-electron chi connectivity index (χ1n) is 8.08. The van der Waals surface area contributed by atoms with E-state index in [2.05, 4.69) is 6.58 Å². The van der Waals surface area contributed by atoms with Crippen molar-refractivity contribution in [3.63, 3.8) is 0 Å². The number of aliphatic carboxylic acids is 2. The number of carbonyl (C=O) groups excluding carboxylic acids is 2. The molecule has 0 aliphatic heterocycles. The van der Waals surface area contributed by atoms with Crippen LogP contribution in [-0.2, 0) is 28.7 Å². The summed E-state index contributed by atoms with van der Waals surface area (Å²) in [7, 11) is 0. The van der Waals surface area contributed by atoms with Crippen LogP contribution in [-0.4, -0.2) is 47.3 Å². The normalized spacial score (nSPS) is 15.4.